The molecule has 8 heavy (non-hydrogen) atoms. The molecule has 1 heterocycles. The molecule has 0 aromatic heterocycles. The standard InChI is InChI=1S/C5H10NO.Li/c1-6-3-2-5(7)4-6;/h5H,2-4H2,1H3;/q-1;+1. The SMILES string of the molecule is CN1CCC([O-])C1.[Li+]. The number of hydrogen-bond donors (Lipinski definition) is 0. The second-order valence-electron chi connectivity index (χ2n) is 2.17. The predicted molar refractivity (Wildman–Crippen MR) is 25.9 cm³/mol. The monoisotopic (exact) mass is 107 g/mol. The van der Waals surface area contributed by atoms with Crippen molar-refractivity contribution in [1.82, 2.24) is 4.90 Å². The van der Waals surface area contributed by atoms with E-state index in [4.69, 9.17) is 0 Å². The molecule has 0 N–H and O–H groups in total. The fourth-order valence-corrected chi connectivity index (χ4v) is 0.895. The van der Waals surface area contributed by atoms with Crippen LogP contribution in [0.1, 0.15) is 6.42 Å². The molecular formula is C5H10LiNO. The normalized spacial score (nSPS) is 30.0. The van der Waals surface area contributed by atoms with Crippen LogP contribution in [0.4, 0.5) is 0 Å². The summed E-state index contributed by atoms with van der Waals surface area (Å²) >= 11 is 0. The molecule has 3 heteroatoms. The zero-order valence-electron chi connectivity index (χ0n) is 5.55. The minimum absolute atomic E-state index is 0. The summed E-state index contributed by atoms with van der Waals surface area (Å²) in [7, 11) is 1.98. The largest absolute Gasteiger partial charge is 1.00 e. The molecule has 1 atom stereocenters. The summed E-state index contributed by atoms with van der Waals surface area (Å²) in [6.45, 7) is 1.74. The molecule has 1 saturated heterocycles. The maximum Gasteiger partial charge on any atom is 1.00 e. The third-order valence-electron chi connectivity index (χ3n) is 1.35. The van der Waals surface area contributed by atoms with Crippen LogP contribution in [0.15, 0.2) is 0 Å². The number of nitrogens with zero attached hydrogens (tertiary/aromatic N) is 1. The molecule has 1 fully saturated rings. The molecule has 0 radical (unpaired) electrons. The van der Waals surface area contributed by atoms with Crippen LogP contribution in [-0.4, -0.2) is 31.1 Å². The van der Waals surface area contributed by atoms with E-state index in [0.29, 0.717) is 0 Å². The molecule has 1 aliphatic rings. The van der Waals surface area contributed by atoms with Crippen LogP contribution in [0.2, 0.25) is 0 Å². The molecular weight excluding hydrogens is 97.0 g/mol. The first-order valence-electron chi connectivity index (χ1n) is 2.63. The number of likely N-dealkylation sites (N-methyl/N-ethyl adjacent to an activating group) is 1. The summed E-state index contributed by atoms with van der Waals surface area (Å²) in [4.78, 5) is 2.07. The zero-order chi connectivity index (χ0) is 5.28. The van der Waals surface area contributed by atoms with Crippen molar-refractivity contribution in [2.75, 3.05) is 20.1 Å². The molecule has 1 unspecified atom stereocenters. The van der Waals surface area contributed by atoms with Gasteiger partial charge in [-0.2, -0.15) is 0 Å². The summed E-state index contributed by atoms with van der Waals surface area (Å²) in [5, 5.41) is 10.5. The Bertz CT molecular complexity index is 61.4. The first kappa shape index (κ1) is 8.52. The molecule has 0 aliphatic carbocycles. The van der Waals surface area contributed by atoms with Gasteiger partial charge in [0.25, 0.3) is 0 Å². The predicted octanol–water partition coefficient (Wildman–Crippen LogP) is -3.95. The van der Waals surface area contributed by atoms with Crippen LogP contribution < -0.4 is 24.0 Å². The summed E-state index contributed by atoms with van der Waals surface area (Å²) in [6, 6.07) is 0. The van der Waals surface area contributed by atoms with Crippen molar-refractivity contribution in [3.63, 3.8) is 0 Å². The van der Waals surface area contributed by atoms with Gasteiger partial charge in [0.2, 0.25) is 0 Å². The van der Waals surface area contributed by atoms with Crippen molar-refractivity contribution < 1.29 is 24.0 Å². The quantitative estimate of drug-likeness (QED) is 0.295. The maximum atomic E-state index is 10.5. The van der Waals surface area contributed by atoms with Crippen LogP contribution in [0.5, 0.6) is 0 Å². The van der Waals surface area contributed by atoms with Gasteiger partial charge in [-0.15, -0.1) is 6.10 Å². The van der Waals surface area contributed by atoms with Gasteiger partial charge < -0.3 is 10.0 Å². The Balaban J connectivity index is 0.000000490. The van der Waals surface area contributed by atoms with Crippen LogP contribution in [0.25, 0.3) is 0 Å². The van der Waals surface area contributed by atoms with E-state index >= 15 is 0 Å². The van der Waals surface area contributed by atoms with Gasteiger partial charge in [-0.3, -0.25) is 0 Å². The van der Waals surface area contributed by atoms with Crippen molar-refractivity contribution in [3.05, 3.63) is 0 Å². The smallest absolute Gasteiger partial charge is 0.851 e. The Hall–Kier alpha value is 0.517. The second-order valence-corrected chi connectivity index (χ2v) is 2.17. The van der Waals surface area contributed by atoms with Crippen molar-refractivity contribution >= 4 is 0 Å². The molecule has 0 bridgehead atoms. The fourth-order valence-electron chi connectivity index (χ4n) is 0.895. The van der Waals surface area contributed by atoms with E-state index in [9.17, 15) is 5.11 Å². The van der Waals surface area contributed by atoms with Crippen molar-refractivity contribution in [3.8, 4) is 0 Å². The fraction of sp³-hybridized carbons (Fsp3) is 1.00. The molecule has 0 amide bonds. The average molecular weight is 107 g/mol. The third kappa shape index (κ3) is 2.19. The van der Waals surface area contributed by atoms with E-state index in [2.05, 4.69) is 4.90 Å². The summed E-state index contributed by atoms with van der Waals surface area (Å²) in [5.41, 5.74) is 0. The van der Waals surface area contributed by atoms with E-state index in [1.807, 2.05) is 7.05 Å². The Morgan fingerprint density at radius 3 is 2.38 bits per heavy atom. The summed E-state index contributed by atoms with van der Waals surface area (Å²) in [5.74, 6) is 0. The minimum atomic E-state index is -0.301. The molecule has 2 nitrogen and oxygen atoms in total. The first-order chi connectivity index (χ1) is 3.29. The van der Waals surface area contributed by atoms with Gasteiger partial charge >= 0.3 is 18.9 Å². The molecule has 0 spiro atoms. The van der Waals surface area contributed by atoms with Crippen LogP contribution in [0, 0.1) is 0 Å². The molecule has 0 aromatic carbocycles. The van der Waals surface area contributed by atoms with Gasteiger partial charge in [-0.1, -0.05) is 6.42 Å². The van der Waals surface area contributed by atoms with E-state index < -0.39 is 0 Å². The van der Waals surface area contributed by atoms with E-state index in [1.54, 1.807) is 0 Å². The summed E-state index contributed by atoms with van der Waals surface area (Å²) < 4.78 is 0. The van der Waals surface area contributed by atoms with Gasteiger partial charge in [0.1, 0.15) is 0 Å². The topological polar surface area (TPSA) is 26.3 Å². The second kappa shape index (κ2) is 3.53. The van der Waals surface area contributed by atoms with Gasteiger partial charge in [0.05, 0.1) is 0 Å². The zero-order valence-corrected chi connectivity index (χ0v) is 5.55. The van der Waals surface area contributed by atoms with Crippen molar-refractivity contribution in [2.45, 2.75) is 12.5 Å². The van der Waals surface area contributed by atoms with E-state index in [0.717, 1.165) is 19.5 Å². The molecule has 1 aliphatic heterocycles. The summed E-state index contributed by atoms with van der Waals surface area (Å²) in [6.07, 6.45) is 0.543. The Kier molecular flexibility index (Phi) is 3.75. The molecule has 1 rings (SSSR count). The number of rotatable bonds is 0. The van der Waals surface area contributed by atoms with Gasteiger partial charge in [0.15, 0.2) is 0 Å². The van der Waals surface area contributed by atoms with Crippen LogP contribution in [-0.2, 0) is 0 Å². The first-order valence-corrected chi connectivity index (χ1v) is 2.63. The third-order valence-corrected chi connectivity index (χ3v) is 1.35. The maximum absolute atomic E-state index is 10.5. The van der Waals surface area contributed by atoms with Gasteiger partial charge in [-0.25, -0.2) is 0 Å². The Labute approximate surface area is 62.0 Å². The average Bonchev–Trinajstić information content (AvgIpc) is 1.87. The van der Waals surface area contributed by atoms with Gasteiger partial charge in [-0.05, 0) is 20.1 Å². The molecule has 42 valence electrons. The van der Waals surface area contributed by atoms with Gasteiger partial charge in [0, 0.05) is 0 Å². The molecule has 0 aromatic rings. The van der Waals surface area contributed by atoms with Crippen LogP contribution in [0.3, 0.4) is 0 Å². The van der Waals surface area contributed by atoms with Crippen molar-refractivity contribution in [1.29, 1.82) is 0 Å². The molecule has 0 saturated carbocycles. The Morgan fingerprint density at radius 1 is 1.62 bits per heavy atom. The minimum Gasteiger partial charge on any atom is -0.851 e. The van der Waals surface area contributed by atoms with E-state index in [1.165, 1.54) is 0 Å². The van der Waals surface area contributed by atoms with Crippen LogP contribution >= 0.6 is 0 Å². The Morgan fingerprint density at radius 2 is 2.25 bits per heavy atom. The number of hydrogen-bond acceptors (Lipinski definition) is 2. The van der Waals surface area contributed by atoms with E-state index in [-0.39, 0.29) is 25.0 Å². The van der Waals surface area contributed by atoms with Crippen molar-refractivity contribution in [2.24, 2.45) is 0 Å². The number of likely N-dealkylation sites (tertiary alicyclic amines) is 1.